The van der Waals surface area contributed by atoms with Crippen LogP contribution in [0.1, 0.15) is 21.6 Å². The first-order valence-electron chi connectivity index (χ1n) is 8.56. The van der Waals surface area contributed by atoms with Gasteiger partial charge in [-0.1, -0.05) is 35.9 Å². The topological polar surface area (TPSA) is 72.8 Å². The number of halogens is 2. The maximum Gasteiger partial charge on any atom is 0.289 e. The number of nitrogens with zero attached hydrogens (tertiary/aromatic N) is 2. The van der Waals surface area contributed by atoms with Crippen molar-refractivity contribution in [2.24, 2.45) is 5.10 Å². The fourth-order valence-electron chi connectivity index (χ4n) is 2.41. The summed E-state index contributed by atoms with van der Waals surface area (Å²) < 4.78 is 12.0. The molecule has 0 saturated heterocycles. The summed E-state index contributed by atoms with van der Waals surface area (Å²) in [5, 5.41) is 4.62. The second-order valence-electron chi connectivity index (χ2n) is 5.82. The summed E-state index contributed by atoms with van der Waals surface area (Å²) in [5.74, 6) is 0.677. The van der Waals surface area contributed by atoms with E-state index in [4.69, 9.17) is 21.1 Å². The summed E-state index contributed by atoms with van der Waals surface area (Å²) in [5.41, 5.74) is 4.29. The number of hydrogen-bond donors (Lipinski definition) is 1. The molecule has 0 radical (unpaired) electrons. The van der Waals surface area contributed by atoms with Crippen molar-refractivity contribution in [2.75, 3.05) is 7.11 Å². The van der Waals surface area contributed by atoms with Crippen LogP contribution in [0.5, 0.6) is 11.5 Å². The molecule has 0 spiro atoms. The molecule has 0 saturated carbocycles. The predicted molar refractivity (Wildman–Crippen MR) is 116 cm³/mol. The average Bonchev–Trinajstić information content (AvgIpc) is 2.75. The minimum atomic E-state index is -0.398. The molecule has 1 amide bonds. The number of rotatable bonds is 7. The largest absolute Gasteiger partial charge is 0.493 e. The van der Waals surface area contributed by atoms with Crippen LogP contribution in [0.2, 0.25) is 5.02 Å². The molecule has 3 aromatic rings. The number of ether oxygens (including phenoxy) is 2. The number of carbonyl (C=O) groups is 1. The maximum absolute atomic E-state index is 12.0. The smallest absolute Gasteiger partial charge is 0.289 e. The Labute approximate surface area is 181 Å². The van der Waals surface area contributed by atoms with Gasteiger partial charge in [-0.15, -0.1) is 0 Å². The predicted octanol–water partition coefficient (Wildman–Crippen LogP) is 4.85. The van der Waals surface area contributed by atoms with E-state index in [-0.39, 0.29) is 5.69 Å². The van der Waals surface area contributed by atoms with Gasteiger partial charge in [0.25, 0.3) is 5.91 Å². The monoisotopic (exact) mass is 473 g/mol. The highest BCUT2D eigenvalue weighted by Gasteiger charge is 2.11. The summed E-state index contributed by atoms with van der Waals surface area (Å²) >= 11 is 9.66. The Morgan fingerprint density at radius 2 is 2.00 bits per heavy atom. The van der Waals surface area contributed by atoms with Crippen molar-refractivity contribution in [1.29, 1.82) is 0 Å². The molecule has 0 aliphatic carbocycles. The molecule has 8 heteroatoms. The van der Waals surface area contributed by atoms with E-state index in [2.05, 4.69) is 31.4 Å². The molecule has 2 aromatic carbocycles. The van der Waals surface area contributed by atoms with E-state index in [1.807, 2.05) is 24.3 Å². The number of aromatic nitrogens is 1. The lowest BCUT2D eigenvalue weighted by molar-refractivity contribution is 0.0950. The van der Waals surface area contributed by atoms with Gasteiger partial charge in [-0.2, -0.15) is 5.10 Å². The van der Waals surface area contributed by atoms with Crippen LogP contribution in [0.3, 0.4) is 0 Å². The van der Waals surface area contributed by atoms with Gasteiger partial charge in [-0.05, 0) is 46.3 Å². The molecule has 1 N–H and O–H groups in total. The molecule has 1 aromatic heterocycles. The molecule has 29 heavy (non-hydrogen) atoms. The van der Waals surface area contributed by atoms with E-state index >= 15 is 0 Å². The Bertz CT molecular complexity index is 1030. The third-order valence-electron chi connectivity index (χ3n) is 3.89. The van der Waals surface area contributed by atoms with Crippen molar-refractivity contribution in [3.05, 3.63) is 87.1 Å². The highest BCUT2D eigenvalue weighted by Crippen LogP contribution is 2.33. The van der Waals surface area contributed by atoms with Crippen LogP contribution in [0.15, 0.2) is 70.4 Å². The van der Waals surface area contributed by atoms with Gasteiger partial charge in [0.2, 0.25) is 0 Å². The molecule has 1 heterocycles. The number of methoxy groups -OCH3 is 1. The standard InChI is InChI=1S/C21H17BrClN3O3/c1-28-19-10-15(12-25-26-21(27)18-8-4-5-9-24-18)16(22)11-20(19)29-13-14-6-2-3-7-17(14)23/h2-12H,13H2,1H3,(H,26,27)/b25-12+. The molecule has 0 atom stereocenters. The second kappa shape index (κ2) is 10.0. The fourth-order valence-corrected chi connectivity index (χ4v) is 3.02. The summed E-state index contributed by atoms with van der Waals surface area (Å²) in [6, 6.07) is 16.1. The number of nitrogens with one attached hydrogen (secondary N) is 1. The van der Waals surface area contributed by atoms with E-state index in [0.29, 0.717) is 28.7 Å². The Morgan fingerprint density at radius 3 is 2.72 bits per heavy atom. The van der Waals surface area contributed by atoms with Gasteiger partial charge in [-0.25, -0.2) is 5.43 Å². The van der Waals surface area contributed by atoms with Crippen molar-refractivity contribution in [2.45, 2.75) is 6.61 Å². The number of hydrazone groups is 1. The number of carbonyl (C=O) groups excluding carboxylic acids is 1. The quantitative estimate of drug-likeness (QED) is 0.392. The van der Waals surface area contributed by atoms with Gasteiger partial charge >= 0.3 is 0 Å². The second-order valence-corrected chi connectivity index (χ2v) is 7.08. The average molecular weight is 475 g/mol. The van der Waals surface area contributed by atoms with Crippen LogP contribution >= 0.6 is 27.5 Å². The Balaban J connectivity index is 1.70. The molecule has 0 aliphatic heterocycles. The van der Waals surface area contributed by atoms with Crippen molar-refractivity contribution in [1.82, 2.24) is 10.4 Å². The van der Waals surface area contributed by atoms with Crippen molar-refractivity contribution in [3.8, 4) is 11.5 Å². The molecule has 0 bridgehead atoms. The Morgan fingerprint density at radius 1 is 1.21 bits per heavy atom. The van der Waals surface area contributed by atoms with E-state index in [1.165, 1.54) is 6.21 Å². The molecule has 0 fully saturated rings. The van der Waals surface area contributed by atoms with Gasteiger partial charge in [-0.3, -0.25) is 9.78 Å². The minimum Gasteiger partial charge on any atom is -0.493 e. The summed E-state index contributed by atoms with van der Waals surface area (Å²) in [6.07, 6.45) is 3.05. The molecular weight excluding hydrogens is 458 g/mol. The van der Waals surface area contributed by atoms with Crippen LogP contribution in [-0.4, -0.2) is 24.2 Å². The van der Waals surface area contributed by atoms with Gasteiger partial charge in [0.1, 0.15) is 12.3 Å². The van der Waals surface area contributed by atoms with Crippen LogP contribution < -0.4 is 14.9 Å². The van der Waals surface area contributed by atoms with Crippen LogP contribution in [0, 0.1) is 0 Å². The molecule has 0 aliphatic rings. The van der Waals surface area contributed by atoms with E-state index < -0.39 is 5.91 Å². The zero-order valence-electron chi connectivity index (χ0n) is 15.4. The van der Waals surface area contributed by atoms with Gasteiger partial charge < -0.3 is 9.47 Å². The third kappa shape index (κ3) is 5.56. The molecule has 3 rings (SSSR count). The van der Waals surface area contributed by atoms with E-state index in [1.54, 1.807) is 43.6 Å². The fraction of sp³-hybridized carbons (Fsp3) is 0.0952. The first kappa shape index (κ1) is 20.8. The van der Waals surface area contributed by atoms with Gasteiger partial charge in [0.05, 0.1) is 13.3 Å². The zero-order chi connectivity index (χ0) is 20.6. The Kier molecular flexibility index (Phi) is 7.21. The minimum absolute atomic E-state index is 0.282. The highest BCUT2D eigenvalue weighted by atomic mass is 79.9. The molecular formula is C21H17BrClN3O3. The van der Waals surface area contributed by atoms with Crippen molar-refractivity contribution >= 4 is 39.7 Å². The van der Waals surface area contributed by atoms with Crippen LogP contribution in [0.25, 0.3) is 0 Å². The highest BCUT2D eigenvalue weighted by molar-refractivity contribution is 9.10. The lowest BCUT2D eigenvalue weighted by Crippen LogP contribution is -2.18. The van der Waals surface area contributed by atoms with E-state index in [9.17, 15) is 4.79 Å². The third-order valence-corrected chi connectivity index (χ3v) is 4.95. The zero-order valence-corrected chi connectivity index (χ0v) is 17.8. The molecule has 148 valence electrons. The first-order chi connectivity index (χ1) is 14.1. The lowest BCUT2D eigenvalue weighted by Gasteiger charge is -2.13. The summed E-state index contributed by atoms with van der Waals surface area (Å²) in [6.45, 7) is 0.302. The van der Waals surface area contributed by atoms with Crippen molar-refractivity contribution in [3.63, 3.8) is 0 Å². The number of pyridine rings is 1. The SMILES string of the molecule is COc1cc(/C=N/NC(=O)c2ccccn2)c(Br)cc1OCc1ccccc1Cl. The normalized spacial score (nSPS) is 10.7. The summed E-state index contributed by atoms with van der Waals surface area (Å²) in [7, 11) is 1.55. The summed E-state index contributed by atoms with van der Waals surface area (Å²) in [4.78, 5) is 16.0. The van der Waals surface area contributed by atoms with Crippen molar-refractivity contribution < 1.29 is 14.3 Å². The number of benzene rings is 2. The maximum atomic E-state index is 12.0. The number of hydrogen-bond acceptors (Lipinski definition) is 5. The van der Waals surface area contributed by atoms with Gasteiger partial charge in [0.15, 0.2) is 11.5 Å². The Hall–Kier alpha value is -2.90. The van der Waals surface area contributed by atoms with Crippen LogP contribution in [-0.2, 0) is 6.61 Å². The first-order valence-corrected chi connectivity index (χ1v) is 9.73. The van der Waals surface area contributed by atoms with Gasteiger partial charge in [0, 0.05) is 26.8 Å². The van der Waals surface area contributed by atoms with Crippen LogP contribution in [0.4, 0.5) is 0 Å². The van der Waals surface area contributed by atoms with E-state index in [0.717, 1.165) is 10.0 Å². The lowest BCUT2D eigenvalue weighted by atomic mass is 10.2. The number of amides is 1. The molecule has 6 nitrogen and oxygen atoms in total. The molecule has 0 unspecified atom stereocenters.